The lowest BCUT2D eigenvalue weighted by atomic mass is 10.0. The molecule has 0 bridgehead atoms. The molecule has 3 N–H and O–H groups in total. The average molecular weight is 354 g/mol. The first kappa shape index (κ1) is 20.5. The molecule has 0 saturated heterocycles. The van der Waals surface area contributed by atoms with Crippen molar-refractivity contribution < 1.29 is 9.59 Å². The zero-order chi connectivity index (χ0) is 16.7. The minimum Gasteiger partial charge on any atom is -0.353 e. The van der Waals surface area contributed by atoms with E-state index < -0.39 is 0 Å². The molecule has 0 spiro atoms. The lowest BCUT2D eigenvalue weighted by Gasteiger charge is -2.23. The molecule has 2 amide bonds. The van der Waals surface area contributed by atoms with E-state index >= 15 is 0 Å². The van der Waals surface area contributed by atoms with Gasteiger partial charge in [0.15, 0.2) is 0 Å². The molecule has 0 aliphatic heterocycles. The van der Waals surface area contributed by atoms with Crippen LogP contribution in [0.1, 0.15) is 38.2 Å². The van der Waals surface area contributed by atoms with Crippen LogP contribution in [0.4, 0.5) is 0 Å². The summed E-state index contributed by atoms with van der Waals surface area (Å²) in [4.78, 5) is 25.6. The first-order valence-corrected chi connectivity index (χ1v) is 8.39. The van der Waals surface area contributed by atoms with E-state index in [0.717, 1.165) is 24.8 Å². The van der Waals surface area contributed by atoms with Crippen LogP contribution in [0.5, 0.6) is 0 Å². The van der Waals surface area contributed by atoms with Crippen LogP contribution in [0.3, 0.4) is 0 Å². The number of nitrogens with zero attached hydrogens (tertiary/aromatic N) is 1. The van der Waals surface area contributed by atoms with Crippen molar-refractivity contribution in [1.82, 2.24) is 10.2 Å². The number of hydrogen-bond donors (Lipinski definition) is 2. The minimum atomic E-state index is -0.0117. The molecule has 0 aromatic heterocycles. The predicted octanol–water partition coefficient (Wildman–Crippen LogP) is 2.09. The van der Waals surface area contributed by atoms with Gasteiger partial charge >= 0.3 is 0 Å². The molecule has 1 saturated carbocycles. The van der Waals surface area contributed by atoms with Gasteiger partial charge in [-0.3, -0.25) is 9.59 Å². The number of nitrogens with one attached hydrogen (secondary N) is 1. The van der Waals surface area contributed by atoms with Crippen LogP contribution in [-0.4, -0.2) is 35.8 Å². The van der Waals surface area contributed by atoms with Crippen LogP contribution in [0, 0.1) is 5.92 Å². The highest BCUT2D eigenvalue weighted by Crippen LogP contribution is 2.24. The highest BCUT2D eigenvalue weighted by atomic mass is 35.5. The molecule has 0 radical (unpaired) electrons. The molecular formula is C18H28ClN3O2. The Kier molecular flexibility index (Phi) is 8.79. The number of rotatable bonds is 7. The van der Waals surface area contributed by atoms with Crippen molar-refractivity contribution in [3.63, 3.8) is 0 Å². The van der Waals surface area contributed by atoms with Gasteiger partial charge in [-0.25, -0.2) is 0 Å². The van der Waals surface area contributed by atoms with Gasteiger partial charge in [0, 0.05) is 32.5 Å². The van der Waals surface area contributed by atoms with E-state index in [4.69, 9.17) is 5.73 Å². The van der Waals surface area contributed by atoms with Crippen LogP contribution in [0.2, 0.25) is 0 Å². The molecule has 2 unspecified atom stereocenters. The first-order valence-electron chi connectivity index (χ1n) is 8.39. The zero-order valence-electron chi connectivity index (χ0n) is 14.2. The highest BCUT2D eigenvalue weighted by Gasteiger charge is 2.27. The molecule has 2 atom stereocenters. The second kappa shape index (κ2) is 10.3. The number of carbonyl (C=O) groups is 2. The van der Waals surface area contributed by atoms with Crippen LogP contribution < -0.4 is 11.1 Å². The number of amides is 2. The molecule has 134 valence electrons. The van der Waals surface area contributed by atoms with Crippen molar-refractivity contribution in [2.24, 2.45) is 11.7 Å². The van der Waals surface area contributed by atoms with E-state index in [9.17, 15) is 9.59 Å². The second-order valence-corrected chi connectivity index (χ2v) is 6.28. The third-order valence-electron chi connectivity index (χ3n) is 4.58. The Bertz CT molecular complexity index is 524. The Balaban J connectivity index is 0.00000288. The van der Waals surface area contributed by atoms with Crippen molar-refractivity contribution in [3.8, 4) is 0 Å². The predicted molar refractivity (Wildman–Crippen MR) is 97.7 cm³/mol. The molecule has 6 heteroatoms. The van der Waals surface area contributed by atoms with Crippen LogP contribution in [-0.2, 0) is 16.1 Å². The summed E-state index contributed by atoms with van der Waals surface area (Å²) >= 11 is 0. The van der Waals surface area contributed by atoms with Crippen molar-refractivity contribution in [2.75, 3.05) is 13.1 Å². The Morgan fingerprint density at radius 3 is 2.58 bits per heavy atom. The summed E-state index contributed by atoms with van der Waals surface area (Å²) in [5, 5.41) is 3.08. The summed E-state index contributed by atoms with van der Waals surface area (Å²) in [5.74, 6) is 0.393. The normalized spacial score (nSPS) is 19.4. The summed E-state index contributed by atoms with van der Waals surface area (Å²) in [5.41, 5.74) is 6.81. The molecular weight excluding hydrogens is 326 g/mol. The quantitative estimate of drug-likeness (QED) is 0.788. The van der Waals surface area contributed by atoms with Crippen molar-refractivity contribution in [1.29, 1.82) is 0 Å². The molecule has 5 nitrogen and oxygen atoms in total. The lowest BCUT2D eigenvalue weighted by Crippen LogP contribution is -2.41. The van der Waals surface area contributed by atoms with Crippen LogP contribution >= 0.6 is 12.4 Å². The summed E-state index contributed by atoms with van der Waals surface area (Å²) in [6.07, 6.45) is 3.56. The molecule has 24 heavy (non-hydrogen) atoms. The number of benzene rings is 1. The third kappa shape index (κ3) is 6.13. The Morgan fingerprint density at radius 1 is 1.25 bits per heavy atom. The lowest BCUT2D eigenvalue weighted by molar-refractivity contribution is -0.130. The number of hydrogen-bond acceptors (Lipinski definition) is 3. The van der Waals surface area contributed by atoms with Crippen LogP contribution in [0.15, 0.2) is 30.3 Å². The molecule has 1 aromatic carbocycles. The molecule has 2 rings (SSSR count). The maximum atomic E-state index is 12.2. The van der Waals surface area contributed by atoms with Gasteiger partial charge in [0.05, 0.1) is 0 Å². The average Bonchev–Trinajstić information content (AvgIpc) is 2.99. The van der Waals surface area contributed by atoms with Crippen molar-refractivity contribution in [3.05, 3.63) is 35.9 Å². The smallest absolute Gasteiger partial charge is 0.222 e. The second-order valence-electron chi connectivity index (χ2n) is 6.28. The zero-order valence-corrected chi connectivity index (χ0v) is 15.1. The van der Waals surface area contributed by atoms with Crippen molar-refractivity contribution >= 4 is 24.2 Å². The molecule has 0 heterocycles. The topological polar surface area (TPSA) is 75.4 Å². The Labute approximate surface area is 150 Å². The Hall–Kier alpha value is -1.59. The standard InChI is InChI=1S/C18H27N3O2.ClH/c1-14(22)21(13-15-6-3-2-4-7-15)11-10-18(23)20-17-9-5-8-16(17)12-19;/h2-4,6-7,16-17H,5,8-13,19H2,1H3,(H,20,23);1H. The number of carbonyl (C=O) groups excluding carboxylic acids is 2. The van der Waals surface area contributed by atoms with Gasteiger partial charge < -0.3 is 16.0 Å². The highest BCUT2D eigenvalue weighted by molar-refractivity contribution is 5.85. The van der Waals surface area contributed by atoms with E-state index in [1.807, 2.05) is 30.3 Å². The fourth-order valence-electron chi connectivity index (χ4n) is 3.18. The van der Waals surface area contributed by atoms with E-state index in [2.05, 4.69) is 5.32 Å². The summed E-state index contributed by atoms with van der Waals surface area (Å²) in [7, 11) is 0. The molecule has 1 aromatic rings. The van der Waals surface area contributed by atoms with Gasteiger partial charge in [-0.15, -0.1) is 12.4 Å². The van der Waals surface area contributed by atoms with Gasteiger partial charge in [-0.1, -0.05) is 36.8 Å². The molecule has 1 fully saturated rings. The fraction of sp³-hybridized carbons (Fsp3) is 0.556. The summed E-state index contributed by atoms with van der Waals surface area (Å²) < 4.78 is 0. The monoisotopic (exact) mass is 353 g/mol. The summed E-state index contributed by atoms with van der Waals surface area (Å²) in [6.45, 7) is 3.15. The van der Waals surface area contributed by atoms with Gasteiger partial charge in [0.25, 0.3) is 0 Å². The number of nitrogens with two attached hydrogens (primary N) is 1. The Morgan fingerprint density at radius 2 is 1.96 bits per heavy atom. The van der Waals surface area contributed by atoms with E-state index in [1.165, 1.54) is 0 Å². The first-order chi connectivity index (χ1) is 11.1. The van der Waals surface area contributed by atoms with E-state index in [-0.39, 0.29) is 30.3 Å². The number of halogens is 1. The van der Waals surface area contributed by atoms with Crippen LogP contribution in [0.25, 0.3) is 0 Å². The summed E-state index contributed by atoms with van der Waals surface area (Å²) in [6, 6.07) is 10.0. The van der Waals surface area contributed by atoms with E-state index in [0.29, 0.717) is 32.0 Å². The largest absolute Gasteiger partial charge is 0.353 e. The van der Waals surface area contributed by atoms with Gasteiger partial charge in [0.1, 0.15) is 0 Å². The fourth-order valence-corrected chi connectivity index (χ4v) is 3.18. The third-order valence-corrected chi connectivity index (χ3v) is 4.58. The molecule has 1 aliphatic rings. The maximum Gasteiger partial charge on any atom is 0.222 e. The van der Waals surface area contributed by atoms with Crippen molar-refractivity contribution in [2.45, 2.75) is 45.2 Å². The minimum absolute atomic E-state index is 0. The maximum absolute atomic E-state index is 12.2. The van der Waals surface area contributed by atoms with Gasteiger partial charge in [-0.2, -0.15) is 0 Å². The van der Waals surface area contributed by atoms with Gasteiger partial charge in [0.2, 0.25) is 11.8 Å². The molecule has 1 aliphatic carbocycles. The van der Waals surface area contributed by atoms with Gasteiger partial charge in [-0.05, 0) is 30.9 Å². The SMILES string of the molecule is CC(=O)N(CCC(=O)NC1CCCC1CN)Cc1ccccc1.Cl. The van der Waals surface area contributed by atoms with E-state index in [1.54, 1.807) is 11.8 Å².